The largest absolute Gasteiger partial charge is 0.192 e. The Morgan fingerprint density at radius 1 is 1.29 bits per heavy atom. The smallest absolute Gasteiger partial charge is 0.0991 e. The van der Waals surface area contributed by atoms with E-state index in [1.165, 1.54) is 31.3 Å². The summed E-state index contributed by atoms with van der Waals surface area (Å²) in [5.74, 6) is 0.863. The summed E-state index contributed by atoms with van der Waals surface area (Å²) in [6, 6.07) is 9.81. The Balaban J connectivity index is 2.14. The van der Waals surface area contributed by atoms with E-state index in [4.69, 9.17) is 5.26 Å². The number of nitrogens with zero attached hydrogens (tertiary/aromatic N) is 1. The van der Waals surface area contributed by atoms with Crippen LogP contribution in [0.15, 0.2) is 35.6 Å². The highest BCUT2D eigenvalue weighted by Crippen LogP contribution is 2.26. The van der Waals surface area contributed by atoms with Crippen LogP contribution in [0.1, 0.15) is 43.7 Å². The molecule has 1 aliphatic rings. The molecule has 1 saturated carbocycles. The van der Waals surface area contributed by atoms with Crippen LogP contribution in [-0.4, -0.2) is 0 Å². The molecule has 1 fully saturated rings. The van der Waals surface area contributed by atoms with Crippen molar-refractivity contribution in [3.8, 4) is 6.07 Å². The van der Waals surface area contributed by atoms with Crippen LogP contribution in [-0.2, 0) is 0 Å². The van der Waals surface area contributed by atoms with E-state index in [1.54, 1.807) is 0 Å². The van der Waals surface area contributed by atoms with Crippen molar-refractivity contribution in [3.63, 3.8) is 0 Å². The highest BCUT2D eigenvalue weighted by molar-refractivity contribution is 5.52. The molecule has 1 aromatic carbocycles. The molecular formula is C16H17N. The number of benzene rings is 1. The fraction of sp³-hybridized carbons (Fsp3) is 0.375. The highest BCUT2D eigenvalue weighted by Gasteiger charge is 2.11. The standard InChI is InChI=1S/C16H17N/c1-13-5-7-14(8-6-13)9-10-15-3-2-4-16(11-15)12-17/h2-4,10-11,13H,5-8H2,1H3. The van der Waals surface area contributed by atoms with E-state index >= 15 is 0 Å². The van der Waals surface area contributed by atoms with Crippen molar-refractivity contribution in [2.45, 2.75) is 32.6 Å². The van der Waals surface area contributed by atoms with Crippen molar-refractivity contribution in [1.82, 2.24) is 0 Å². The number of hydrogen-bond donors (Lipinski definition) is 0. The normalized spacial score (nSPS) is 19.3. The zero-order valence-corrected chi connectivity index (χ0v) is 10.2. The second-order valence-corrected chi connectivity index (χ2v) is 4.81. The summed E-state index contributed by atoms with van der Waals surface area (Å²) in [5.41, 5.74) is 6.59. The average Bonchev–Trinajstić information content (AvgIpc) is 2.38. The van der Waals surface area contributed by atoms with E-state index in [2.05, 4.69) is 18.7 Å². The number of nitriles is 1. The first kappa shape index (κ1) is 11.7. The van der Waals surface area contributed by atoms with Crippen molar-refractivity contribution in [1.29, 1.82) is 5.26 Å². The van der Waals surface area contributed by atoms with Crippen LogP contribution in [0.4, 0.5) is 0 Å². The van der Waals surface area contributed by atoms with Gasteiger partial charge in [-0.2, -0.15) is 5.26 Å². The van der Waals surface area contributed by atoms with Gasteiger partial charge >= 0.3 is 0 Å². The van der Waals surface area contributed by atoms with Gasteiger partial charge in [0, 0.05) is 0 Å². The van der Waals surface area contributed by atoms with Crippen LogP contribution in [0.2, 0.25) is 0 Å². The van der Waals surface area contributed by atoms with Gasteiger partial charge in [-0.3, -0.25) is 0 Å². The monoisotopic (exact) mass is 223 g/mol. The van der Waals surface area contributed by atoms with Gasteiger partial charge in [0.25, 0.3) is 0 Å². The highest BCUT2D eigenvalue weighted by atomic mass is 14.2. The number of allylic oxidation sites excluding steroid dienone is 1. The molecule has 1 aliphatic carbocycles. The topological polar surface area (TPSA) is 23.8 Å². The Morgan fingerprint density at radius 2 is 2.06 bits per heavy atom. The Labute approximate surface area is 103 Å². The molecule has 1 nitrogen and oxygen atoms in total. The van der Waals surface area contributed by atoms with Crippen molar-refractivity contribution < 1.29 is 0 Å². The summed E-state index contributed by atoms with van der Waals surface area (Å²) in [4.78, 5) is 0. The third kappa shape index (κ3) is 3.34. The van der Waals surface area contributed by atoms with E-state index in [0.717, 1.165) is 11.5 Å². The maximum Gasteiger partial charge on any atom is 0.0991 e. The Morgan fingerprint density at radius 3 is 2.76 bits per heavy atom. The molecule has 0 spiro atoms. The number of rotatable bonds is 1. The third-order valence-corrected chi connectivity index (χ3v) is 3.34. The minimum absolute atomic E-state index is 0.711. The lowest BCUT2D eigenvalue weighted by Crippen LogP contribution is -2.02. The maximum atomic E-state index is 8.82. The van der Waals surface area contributed by atoms with Gasteiger partial charge in [-0.1, -0.05) is 19.1 Å². The van der Waals surface area contributed by atoms with Crippen molar-refractivity contribution in [3.05, 3.63) is 46.7 Å². The van der Waals surface area contributed by atoms with E-state index in [-0.39, 0.29) is 0 Å². The van der Waals surface area contributed by atoms with Crippen molar-refractivity contribution in [2.24, 2.45) is 5.92 Å². The molecule has 0 aliphatic heterocycles. The molecule has 2 rings (SSSR count). The Kier molecular flexibility index (Phi) is 3.81. The molecule has 0 unspecified atom stereocenters. The first-order valence-corrected chi connectivity index (χ1v) is 6.22. The molecule has 0 heterocycles. The summed E-state index contributed by atoms with van der Waals surface area (Å²) >= 11 is 0. The minimum atomic E-state index is 0.711. The maximum absolute atomic E-state index is 8.82. The van der Waals surface area contributed by atoms with E-state index < -0.39 is 0 Å². The molecule has 0 N–H and O–H groups in total. The SMILES string of the molecule is CC1CCC(=C=Cc2cccc(C#N)c2)CC1. The van der Waals surface area contributed by atoms with Gasteiger partial charge in [-0.05, 0) is 60.9 Å². The Hall–Kier alpha value is -1.77. The van der Waals surface area contributed by atoms with Crippen molar-refractivity contribution >= 4 is 6.08 Å². The van der Waals surface area contributed by atoms with Gasteiger partial charge in [0.1, 0.15) is 0 Å². The predicted molar refractivity (Wildman–Crippen MR) is 70.3 cm³/mol. The lowest BCUT2D eigenvalue weighted by atomic mass is 9.87. The van der Waals surface area contributed by atoms with E-state index in [0.29, 0.717) is 5.56 Å². The minimum Gasteiger partial charge on any atom is -0.192 e. The molecule has 0 saturated heterocycles. The van der Waals surface area contributed by atoms with E-state index in [1.807, 2.05) is 30.3 Å². The van der Waals surface area contributed by atoms with Gasteiger partial charge < -0.3 is 0 Å². The van der Waals surface area contributed by atoms with Crippen molar-refractivity contribution in [2.75, 3.05) is 0 Å². The molecular weight excluding hydrogens is 206 g/mol. The lowest BCUT2D eigenvalue weighted by molar-refractivity contribution is 0.444. The molecule has 0 amide bonds. The van der Waals surface area contributed by atoms with Crippen LogP contribution in [0, 0.1) is 17.2 Å². The third-order valence-electron chi connectivity index (χ3n) is 3.34. The quantitative estimate of drug-likeness (QED) is 0.651. The summed E-state index contributed by atoms with van der Waals surface area (Å²) in [6.45, 7) is 2.32. The van der Waals surface area contributed by atoms with Gasteiger partial charge in [0.05, 0.1) is 11.6 Å². The summed E-state index contributed by atoms with van der Waals surface area (Å²) in [7, 11) is 0. The second-order valence-electron chi connectivity index (χ2n) is 4.81. The zero-order valence-electron chi connectivity index (χ0n) is 10.2. The van der Waals surface area contributed by atoms with Gasteiger partial charge in [-0.15, -0.1) is 5.73 Å². The molecule has 0 aromatic heterocycles. The van der Waals surface area contributed by atoms with Gasteiger partial charge in [0.15, 0.2) is 0 Å². The molecule has 17 heavy (non-hydrogen) atoms. The van der Waals surface area contributed by atoms with Crippen LogP contribution in [0.25, 0.3) is 6.08 Å². The summed E-state index contributed by atoms with van der Waals surface area (Å²) < 4.78 is 0. The summed E-state index contributed by atoms with van der Waals surface area (Å²) in [6.07, 6.45) is 6.93. The molecule has 1 heteroatoms. The fourth-order valence-corrected chi connectivity index (χ4v) is 2.14. The van der Waals surface area contributed by atoms with E-state index in [9.17, 15) is 0 Å². The zero-order chi connectivity index (χ0) is 12.1. The molecule has 86 valence electrons. The average molecular weight is 223 g/mol. The predicted octanol–water partition coefficient (Wildman–Crippen LogP) is 4.31. The second kappa shape index (κ2) is 5.53. The molecule has 0 atom stereocenters. The van der Waals surface area contributed by atoms with Crippen LogP contribution >= 0.6 is 0 Å². The molecule has 0 radical (unpaired) electrons. The molecule has 1 aromatic rings. The Bertz CT molecular complexity index is 489. The fourth-order valence-electron chi connectivity index (χ4n) is 2.14. The number of hydrogen-bond acceptors (Lipinski definition) is 1. The first-order chi connectivity index (χ1) is 8.28. The van der Waals surface area contributed by atoms with Crippen LogP contribution in [0.3, 0.4) is 0 Å². The van der Waals surface area contributed by atoms with Gasteiger partial charge in [-0.25, -0.2) is 0 Å². The lowest BCUT2D eigenvalue weighted by Gasteiger charge is -2.18. The van der Waals surface area contributed by atoms with Crippen LogP contribution in [0.5, 0.6) is 0 Å². The van der Waals surface area contributed by atoms with Gasteiger partial charge in [0.2, 0.25) is 0 Å². The first-order valence-electron chi connectivity index (χ1n) is 6.22. The van der Waals surface area contributed by atoms with Crippen LogP contribution < -0.4 is 0 Å². The molecule has 0 bridgehead atoms. The summed E-state index contributed by atoms with van der Waals surface area (Å²) in [5, 5.41) is 8.82.